The van der Waals surface area contributed by atoms with Crippen LogP contribution in [0.4, 0.5) is 16.3 Å². The van der Waals surface area contributed by atoms with E-state index in [1.165, 1.54) is 7.11 Å². The number of anilines is 2. The number of hydrogen-bond acceptors (Lipinski definition) is 9. The van der Waals surface area contributed by atoms with Crippen LogP contribution in [-0.2, 0) is 9.47 Å². The van der Waals surface area contributed by atoms with E-state index in [0.717, 1.165) is 37.7 Å². The monoisotopic (exact) mass is 586 g/mol. The molecule has 11 heteroatoms. The van der Waals surface area contributed by atoms with Crippen LogP contribution in [0.25, 0.3) is 11.0 Å². The number of ether oxygens (including phenoxy) is 2. The maximum Gasteiger partial charge on any atom is 0.410 e. The molecule has 1 aliphatic carbocycles. The lowest BCUT2D eigenvalue weighted by Crippen LogP contribution is -2.48. The number of esters is 1. The summed E-state index contributed by atoms with van der Waals surface area (Å²) in [5.41, 5.74) is 2.14. The quantitative estimate of drug-likeness (QED) is 0.296. The lowest BCUT2D eigenvalue weighted by Gasteiger charge is -2.42. The summed E-state index contributed by atoms with van der Waals surface area (Å²) in [6, 6.07) is 13.4. The Kier molecular flexibility index (Phi) is 8.06. The Bertz CT molecular complexity index is 1590. The number of methoxy groups -OCH3 is 1. The van der Waals surface area contributed by atoms with Gasteiger partial charge in [-0.15, -0.1) is 0 Å². The van der Waals surface area contributed by atoms with E-state index in [9.17, 15) is 19.6 Å². The molecule has 1 amide bonds. The molecule has 2 aliphatic rings. The lowest BCUT2D eigenvalue weighted by molar-refractivity contribution is 0.00756. The summed E-state index contributed by atoms with van der Waals surface area (Å²) in [6.45, 7) is 10.1. The number of Topliss-reactive ketones (excluding diaryl/α,β-unsaturated/α-hetero) is 1. The average molecular weight is 587 g/mol. The highest BCUT2D eigenvalue weighted by Crippen LogP contribution is 2.41. The Balaban J connectivity index is 1.39. The third-order valence-electron chi connectivity index (χ3n) is 8.25. The number of fused-ring (bicyclic) bond motifs is 1. The minimum atomic E-state index is -0.600. The Morgan fingerprint density at radius 1 is 1.00 bits per heavy atom. The molecule has 0 bridgehead atoms. The van der Waals surface area contributed by atoms with Crippen molar-refractivity contribution in [1.29, 1.82) is 5.26 Å². The van der Waals surface area contributed by atoms with Crippen LogP contribution in [0.15, 0.2) is 36.4 Å². The maximum absolute atomic E-state index is 13.0. The Morgan fingerprint density at radius 2 is 1.63 bits per heavy atom. The van der Waals surface area contributed by atoms with Crippen LogP contribution < -0.4 is 9.80 Å². The highest BCUT2D eigenvalue weighted by molar-refractivity contribution is 6.00. The molecule has 11 nitrogen and oxygen atoms in total. The highest BCUT2D eigenvalue weighted by atomic mass is 16.6. The van der Waals surface area contributed by atoms with Gasteiger partial charge < -0.3 is 28.7 Å². The van der Waals surface area contributed by atoms with E-state index in [1.54, 1.807) is 18.9 Å². The Hall–Kier alpha value is -4.59. The second kappa shape index (κ2) is 11.6. The molecule has 1 saturated heterocycles. The second-order valence-electron chi connectivity index (χ2n) is 12.2. The summed E-state index contributed by atoms with van der Waals surface area (Å²) in [7, 11) is 3.02. The van der Waals surface area contributed by atoms with Crippen molar-refractivity contribution in [3.63, 3.8) is 0 Å². The third kappa shape index (κ3) is 5.87. The topological polar surface area (TPSA) is 121 Å². The molecule has 226 valence electrons. The zero-order valence-corrected chi connectivity index (χ0v) is 25.6. The van der Waals surface area contributed by atoms with Crippen LogP contribution in [0.2, 0.25) is 0 Å². The molecule has 0 spiro atoms. The third-order valence-corrected chi connectivity index (χ3v) is 8.25. The van der Waals surface area contributed by atoms with Gasteiger partial charge in [-0.05, 0) is 76.9 Å². The van der Waals surface area contributed by atoms with Gasteiger partial charge in [0, 0.05) is 61.9 Å². The molecule has 2 aromatic heterocycles. The molecule has 1 aromatic carbocycles. The van der Waals surface area contributed by atoms with Gasteiger partial charge in [0.05, 0.1) is 12.7 Å². The molecule has 3 aromatic rings. The van der Waals surface area contributed by atoms with Gasteiger partial charge in [0.25, 0.3) is 0 Å². The fourth-order valence-corrected chi connectivity index (χ4v) is 5.78. The first-order valence-electron chi connectivity index (χ1n) is 14.5. The van der Waals surface area contributed by atoms with Gasteiger partial charge in [-0.3, -0.25) is 4.79 Å². The van der Waals surface area contributed by atoms with Crippen molar-refractivity contribution in [2.24, 2.45) is 0 Å². The predicted molar refractivity (Wildman–Crippen MR) is 163 cm³/mol. The summed E-state index contributed by atoms with van der Waals surface area (Å²) in [6.07, 6.45) is 0.775. The first kappa shape index (κ1) is 29.9. The smallest absolute Gasteiger partial charge is 0.410 e. The fourth-order valence-electron chi connectivity index (χ4n) is 5.78. The molecule has 1 saturated carbocycles. The summed E-state index contributed by atoms with van der Waals surface area (Å²) >= 11 is 0. The van der Waals surface area contributed by atoms with Crippen molar-refractivity contribution >= 4 is 40.4 Å². The molecule has 5 rings (SSSR count). The summed E-state index contributed by atoms with van der Waals surface area (Å²) in [5.74, 6) is 0.218. The van der Waals surface area contributed by atoms with Crippen LogP contribution in [0, 0.1) is 11.3 Å². The maximum atomic E-state index is 13.0. The minimum absolute atomic E-state index is 0.0463. The lowest BCUT2D eigenvalue weighted by atomic mass is 9.85. The van der Waals surface area contributed by atoms with Crippen molar-refractivity contribution in [1.82, 2.24) is 14.5 Å². The first-order chi connectivity index (χ1) is 20.4. The molecule has 43 heavy (non-hydrogen) atoms. The van der Waals surface area contributed by atoms with Crippen molar-refractivity contribution in [2.75, 3.05) is 50.1 Å². The van der Waals surface area contributed by atoms with Gasteiger partial charge in [-0.2, -0.15) is 5.26 Å². The van der Waals surface area contributed by atoms with E-state index in [1.807, 2.05) is 61.7 Å². The molecular formula is C32H38N6O5. The SMILES string of the molecule is COC(=O)c1c(C#N)c2ccc(N3CCN(c4ccc(C(C)=O)cc4)CC3)nc2n1[C@H]1C[C@H](N(C)C(=O)OC(C)(C)C)C1. The van der Waals surface area contributed by atoms with Crippen LogP contribution in [0.1, 0.15) is 73.0 Å². The van der Waals surface area contributed by atoms with E-state index in [2.05, 4.69) is 15.9 Å². The number of hydrogen-bond donors (Lipinski definition) is 0. The number of nitriles is 1. The fraction of sp³-hybridized carbons (Fsp3) is 0.469. The number of rotatable bonds is 6. The van der Waals surface area contributed by atoms with E-state index in [0.29, 0.717) is 29.4 Å². The van der Waals surface area contributed by atoms with Crippen molar-refractivity contribution in [3.05, 3.63) is 53.2 Å². The van der Waals surface area contributed by atoms with Gasteiger partial charge >= 0.3 is 12.1 Å². The average Bonchev–Trinajstić information content (AvgIpc) is 3.28. The Morgan fingerprint density at radius 3 is 2.19 bits per heavy atom. The number of nitrogens with zero attached hydrogens (tertiary/aromatic N) is 6. The molecule has 0 unspecified atom stereocenters. The molecule has 0 atom stereocenters. The summed E-state index contributed by atoms with van der Waals surface area (Å²) in [4.78, 5) is 48.3. The molecule has 1 aliphatic heterocycles. The number of amides is 1. The van der Waals surface area contributed by atoms with Gasteiger partial charge in [-0.25, -0.2) is 14.6 Å². The van der Waals surface area contributed by atoms with Crippen LogP contribution in [0.3, 0.4) is 0 Å². The summed E-state index contributed by atoms with van der Waals surface area (Å²) in [5, 5.41) is 10.7. The number of piperazine rings is 1. The van der Waals surface area contributed by atoms with E-state index >= 15 is 0 Å². The molecule has 0 radical (unpaired) electrons. The standard InChI is InChI=1S/C32H38N6O5/c1-20(39)21-7-9-22(10-8-21)36-13-15-37(16-14-36)27-12-11-25-26(19-33)28(30(40)42-6)38(29(25)34-27)24-17-23(18-24)35(5)31(41)43-32(2,3)4/h7-12,23-24H,13-18H2,1-6H3/t23-,24-. The van der Waals surface area contributed by atoms with E-state index < -0.39 is 17.7 Å². The molecule has 2 fully saturated rings. The molecular weight excluding hydrogens is 548 g/mol. The van der Waals surface area contributed by atoms with Crippen LogP contribution in [0.5, 0.6) is 0 Å². The number of carbonyl (C=O) groups excluding carboxylic acids is 3. The Labute approximate surface area is 251 Å². The van der Waals surface area contributed by atoms with Gasteiger partial charge in [-0.1, -0.05) is 0 Å². The number of benzene rings is 1. The number of carbonyl (C=O) groups is 3. The zero-order valence-electron chi connectivity index (χ0n) is 25.6. The van der Waals surface area contributed by atoms with Crippen molar-refractivity contribution in [3.8, 4) is 6.07 Å². The number of ketones is 1. The van der Waals surface area contributed by atoms with Gasteiger partial charge in [0.1, 0.15) is 28.8 Å². The van der Waals surface area contributed by atoms with Crippen molar-refractivity contribution < 1.29 is 23.9 Å². The first-order valence-corrected chi connectivity index (χ1v) is 14.5. The molecule has 0 N–H and O–H groups in total. The van der Waals surface area contributed by atoms with Gasteiger partial charge in [0.15, 0.2) is 5.78 Å². The van der Waals surface area contributed by atoms with E-state index in [-0.39, 0.29) is 29.1 Å². The van der Waals surface area contributed by atoms with Crippen molar-refractivity contribution in [2.45, 2.75) is 58.2 Å². The predicted octanol–water partition coefficient (Wildman–Crippen LogP) is 4.79. The summed E-state index contributed by atoms with van der Waals surface area (Å²) < 4.78 is 12.5. The van der Waals surface area contributed by atoms with Gasteiger partial charge in [0.2, 0.25) is 0 Å². The highest BCUT2D eigenvalue weighted by Gasteiger charge is 2.40. The minimum Gasteiger partial charge on any atom is -0.464 e. The molecule has 3 heterocycles. The normalized spacial score (nSPS) is 18.5. The largest absolute Gasteiger partial charge is 0.464 e. The number of pyridine rings is 1. The van der Waals surface area contributed by atoms with E-state index in [4.69, 9.17) is 14.5 Å². The van der Waals surface area contributed by atoms with Crippen LogP contribution >= 0.6 is 0 Å². The van der Waals surface area contributed by atoms with Crippen LogP contribution in [-0.4, -0.2) is 84.3 Å². The zero-order chi connectivity index (χ0) is 31.1. The second-order valence-corrected chi connectivity index (χ2v) is 12.2. The number of aromatic nitrogens is 2.